The third kappa shape index (κ3) is 3.47. The SMILES string of the molecule is CNC(=O)C1CN(C(=O)c2ccc(-n3nc(C)cc3C)cc2)c2ccccc2O1. The molecule has 1 unspecified atom stereocenters. The Bertz CT molecular complexity index is 1070. The summed E-state index contributed by atoms with van der Waals surface area (Å²) < 4.78 is 7.62. The van der Waals surface area contributed by atoms with E-state index >= 15 is 0 Å². The van der Waals surface area contributed by atoms with Crippen molar-refractivity contribution in [2.24, 2.45) is 0 Å². The molecule has 7 heteroatoms. The smallest absolute Gasteiger partial charge is 0.262 e. The Morgan fingerprint density at radius 1 is 1.10 bits per heavy atom. The highest BCUT2D eigenvalue weighted by Gasteiger charge is 2.33. The number of amides is 2. The quantitative estimate of drug-likeness (QED) is 0.746. The highest BCUT2D eigenvalue weighted by molar-refractivity contribution is 6.08. The Morgan fingerprint density at radius 3 is 2.48 bits per heavy atom. The minimum Gasteiger partial charge on any atom is -0.477 e. The van der Waals surface area contributed by atoms with Crippen LogP contribution in [0.1, 0.15) is 21.7 Å². The lowest BCUT2D eigenvalue weighted by atomic mass is 10.1. The number of carbonyl (C=O) groups is 2. The second kappa shape index (κ2) is 7.43. The fourth-order valence-corrected chi connectivity index (χ4v) is 3.52. The summed E-state index contributed by atoms with van der Waals surface area (Å²) in [5, 5.41) is 7.06. The molecule has 2 heterocycles. The van der Waals surface area contributed by atoms with Gasteiger partial charge in [0, 0.05) is 18.3 Å². The molecule has 2 amide bonds. The van der Waals surface area contributed by atoms with Crippen molar-refractivity contribution in [3.05, 3.63) is 71.5 Å². The number of para-hydroxylation sites is 2. The van der Waals surface area contributed by atoms with Gasteiger partial charge in [-0.25, -0.2) is 4.68 Å². The van der Waals surface area contributed by atoms with E-state index in [1.165, 1.54) is 0 Å². The molecule has 0 saturated heterocycles. The van der Waals surface area contributed by atoms with E-state index in [2.05, 4.69) is 10.4 Å². The van der Waals surface area contributed by atoms with Crippen LogP contribution < -0.4 is 15.0 Å². The van der Waals surface area contributed by atoms with Gasteiger partial charge in [-0.15, -0.1) is 0 Å². The summed E-state index contributed by atoms with van der Waals surface area (Å²) in [5.41, 5.74) is 4.03. The molecule has 7 nitrogen and oxygen atoms in total. The second-order valence-corrected chi connectivity index (χ2v) is 6.99. The molecule has 29 heavy (non-hydrogen) atoms. The minimum absolute atomic E-state index is 0.148. The molecule has 0 saturated carbocycles. The third-order valence-electron chi connectivity index (χ3n) is 4.93. The van der Waals surface area contributed by atoms with E-state index in [0.717, 1.165) is 17.1 Å². The van der Waals surface area contributed by atoms with Crippen LogP contribution in [-0.4, -0.2) is 41.3 Å². The van der Waals surface area contributed by atoms with Crippen LogP contribution in [0.3, 0.4) is 0 Å². The number of hydrogen-bond donors (Lipinski definition) is 1. The van der Waals surface area contributed by atoms with E-state index < -0.39 is 6.10 Å². The van der Waals surface area contributed by atoms with Gasteiger partial charge in [-0.3, -0.25) is 9.59 Å². The van der Waals surface area contributed by atoms with E-state index in [1.807, 2.05) is 54.9 Å². The fraction of sp³-hybridized carbons (Fsp3) is 0.227. The zero-order chi connectivity index (χ0) is 20.5. The molecule has 148 valence electrons. The number of ether oxygens (including phenoxy) is 1. The van der Waals surface area contributed by atoms with Gasteiger partial charge in [0.15, 0.2) is 6.10 Å². The van der Waals surface area contributed by atoms with Gasteiger partial charge in [-0.2, -0.15) is 5.10 Å². The summed E-state index contributed by atoms with van der Waals surface area (Å²) in [7, 11) is 1.55. The van der Waals surface area contributed by atoms with Crippen LogP contribution in [0, 0.1) is 13.8 Å². The molecule has 1 N–H and O–H groups in total. The van der Waals surface area contributed by atoms with Gasteiger partial charge in [0.1, 0.15) is 5.75 Å². The van der Waals surface area contributed by atoms with Crippen molar-refractivity contribution in [2.45, 2.75) is 20.0 Å². The maximum atomic E-state index is 13.3. The molecule has 0 spiro atoms. The van der Waals surface area contributed by atoms with Crippen molar-refractivity contribution in [1.82, 2.24) is 15.1 Å². The summed E-state index contributed by atoms with van der Waals surface area (Å²) in [6, 6.07) is 16.5. The maximum Gasteiger partial charge on any atom is 0.262 e. The number of fused-ring (bicyclic) bond motifs is 1. The Labute approximate surface area is 168 Å². The molecule has 0 bridgehead atoms. The number of hydrogen-bond acceptors (Lipinski definition) is 4. The van der Waals surface area contributed by atoms with Crippen molar-refractivity contribution in [2.75, 3.05) is 18.5 Å². The predicted octanol–water partition coefficient (Wildman–Crippen LogP) is 2.64. The topological polar surface area (TPSA) is 76.5 Å². The lowest BCUT2D eigenvalue weighted by molar-refractivity contribution is -0.127. The molecule has 0 aliphatic carbocycles. The number of nitrogens with one attached hydrogen (secondary N) is 1. The van der Waals surface area contributed by atoms with E-state index in [1.54, 1.807) is 30.1 Å². The zero-order valence-corrected chi connectivity index (χ0v) is 16.5. The van der Waals surface area contributed by atoms with Gasteiger partial charge in [0.05, 0.1) is 23.6 Å². The van der Waals surface area contributed by atoms with Crippen LogP contribution in [0.2, 0.25) is 0 Å². The van der Waals surface area contributed by atoms with E-state index in [9.17, 15) is 9.59 Å². The van der Waals surface area contributed by atoms with Crippen LogP contribution in [0.4, 0.5) is 5.69 Å². The number of aromatic nitrogens is 2. The van der Waals surface area contributed by atoms with Crippen LogP contribution in [0.5, 0.6) is 5.75 Å². The Morgan fingerprint density at radius 2 is 1.83 bits per heavy atom. The first kappa shape index (κ1) is 18.7. The number of anilines is 1. The Kier molecular flexibility index (Phi) is 4.80. The number of carbonyl (C=O) groups excluding carboxylic acids is 2. The molecule has 2 aromatic carbocycles. The standard InChI is InChI=1S/C22H22N4O3/c1-14-12-15(2)26(24-14)17-10-8-16(9-11-17)22(28)25-13-20(21(27)23-3)29-19-7-5-4-6-18(19)25/h4-12,20H,13H2,1-3H3,(H,23,27). The van der Waals surface area contributed by atoms with Gasteiger partial charge in [-0.1, -0.05) is 12.1 Å². The number of aryl methyl sites for hydroxylation is 2. The first-order chi connectivity index (χ1) is 14.0. The van der Waals surface area contributed by atoms with Crippen molar-refractivity contribution >= 4 is 17.5 Å². The normalized spacial score (nSPS) is 15.4. The summed E-state index contributed by atoms with van der Waals surface area (Å²) in [6.07, 6.45) is -0.757. The van der Waals surface area contributed by atoms with Crippen LogP contribution in [0.15, 0.2) is 54.6 Å². The fourth-order valence-electron chi connectivity index (χ4n) is 3.52. The zero-order valence-electron chi connectivity index (χ0n) is 16.5. The number of nitrogens with zero attached hydrogens (tertiary/aromatic N) is 3. The lowest BCUT2D eigenvalue weighted by Crippen LogP contribution is -2.50. The Hall–Kier alpha value is -3.61. The van der Waals surface area contributed by atoms with Crippen LogP contribution >= 0.6 is 0 Å². The molecular formula is C22H22N4O3. The molecule has 1 aliphatic rings. The van der Waals surface area contributed by atoms with Gasteiger partial charge in [0.25, 0.3) is 11.8 Å². The average molecular weight is 390 g/mol. The molecule has 4 rings (SSSR count). The summed E-state index contributed by atoms with van der Waals surface area (Å²) in [5.74, 6) is 0.0618. The van der Waals surface area contributed by atoms with Crippen molar-refractivity contribution in [3.63, 3.8) is 0 Å². The average Bonchev–Trinajstić information content (AvgIpc) is 3.09. The third-order valence-corrected chi connectivity index (χ3v) is 4.93. The lowest BCUT2D eigenvalue weighted by Gasteiger charge is -2.34. The van der Waals surface area contributed by atoms with E-state index in [-0.39, 0.29) is 18.4 Å². The van der Waals surface area contributed by atoms with Crippen molar-refractivity contribution in [3.8, 4) is 11.4 Å². The van der Waals surface area contributed by atoms with Gasteiger partial charge in [0.2, 0.25) is 0 Å². The number of likely N-dealkylation sites (N-methyl/N-ethyl adjacent to an activating group) is 1. The first-order valence-corrected chi connectivity index (χ1v) is 9.41. The van der Waals surface area contributed by atoms with Crippen molar-refractivity contribution in [1.29, 1.82) is 0 Å². The van der Waals surface area contributed by atoms with Crippen LogP contribution in [0.25, 0.3) is 5.69 Å². The minimum atomic E-state index is -0.757. The second-order valence-electron chi connectivity index (χ2n) is 6.99. The first-order valence-electron chi connectivity index (χ1n) is 9.41. The predicted molar refractivity (Wildman–Crippen MR) is 110 cm³/mol. The molecule has 1 aromatic heterocycles. The van der Waals surface area contributed by atoms with Gasteiger partial charge in [-0.05, 0) is 56.3 Å². The molecule has 1 atom stereocenters. The van der Waals surface area contributed by atoms with Gasteiger partial charge >= 0.3 is 0 Å². The summed E-state index contributed by atoms with van der Waals surface area (Å²) >= 11 is 0. The molecule has 1 aliphatic heterocycles. The van der Waals surface area contributed by atoms with Crippen molar-refractivity contribution < 1.29 is 14.3 Å². The largest absolute Gasteiger partial charge is 0.477 e. The molecule has 3 aromatic rings. The summed E-state index contributed by atoms with van der Waals surface area (Å²) in [6.45, 7) is 4.08. The highest BCUT2D eigenvalue weighted by Crippen LogP contribution is 2.34. The Balaban J connectivity index is 1.64. The highest BCUT2D eigenvalue weighted by atomic mass is 16.5. The van der Waals surface area contributed by atoms with E-state index in [4.69, 9.17) is 4.74 Å². The number of benzene rings is 2. The maximum absolute atomic E-state index is 13.3. The summed E-state index contributed by atoms with van der Waals surface area (Å²) in [4.78, 5) is 27.0. The van der Waals surface area contributed by atoms with Crippen LogP contribution in [-0.2, 0) is 4.79 Å². The molecule has 0 fully saturated rings. The van der Waals surface area contributed by atoms with Gasteiger partial charge < -0.3 is 15.0 Å². The molecular weight excluding hydrogens is 368 g/mol. The molecule has 0 radical (unpaired) electrons. The van der Waals surface area contributed by atoms with E-state index in [0.29, 0.717) is 17.0 Å². The number of rotatable bonds is 3. The monoisotopic (exact) mass is 390 g/mol.